The molecule has 224 valence electrons. The van der Waals surface area contributed by atoms with Crippen LogP contribution in [0.4, 0.5) is 8.78 Å². The number of hydrogen-bond acceptors (Lipinski definition) is 4. The Morgan fingerprint density at radius 3 is 2.29 bits per heavy atom. The molecule has 3 rings (SSSR count). The van der Waals surface area contributed by atoms with Crippen molar-refractivity contribution in [1.82, 2.24) is 0 Å². The number of ether oxygens (including phenoxy) is 1. The zero-order valence-electron chi connectivity index (χ0n) is 24.0. The van der Waals surface area contributed by atoms with Gasteiger partial charge in [-0.2, -0.15) is 8.78 Å². The average Bonchev–Trinajstić information content (AvgIpc) is 3.27. The van der Waals surface area contributed by atoms with Crippen molar-refractivity contribution in [2.75, 3.05) is 0 Å². The molecule has 0 saturated heterocycles. The predicted octanol–water partition coefficient (Wildman–Crippen LogP) is 7.41. The van der Waals surface area contributed by atoms with Crippen LogP contribution >= 0.6 is 0 Å². The van der Waals surface area contributed by atoms with E-state index in [4.69, 9.17) is 4.74 Å². The van der Waals surface area contributed by atoms with Gasteiger partial charge in [0.2, 0.25) is 5.78 Å². The Kier molecular flexibility index (Phi) is 13.1. The highest BCUT2D eigenvalue weighted by Crippen LogP contribution is 2.39. The van der Waals surface area contributed by atoms with Crippen molar-refractivity contribution in [3.63, 3.8) is 0 Å². The molecule has 1 saturated carbocycles. The molecule has 2 aromatic carbocycles. The van der Waals surface area contributed by atoms with Gasteiger partial charge in [-0.3, -0.25) is 9.59 Å². The summed E-state index contributed by atoms with van der Waals surface area (Å²) in [4.78, 5) is 24.1. The quantitative estimate of drug-likeness (QED) is 0.144. The predicted molar refractivity (Wildman–Crippen MR) is 156 cm³/mol. The minimum absolute atomic E-state index is 0.233. The molecule has 1 unspecified atom stereocenters. The number of alkyl halides is 2. The molecule has 5 atom stereocenters. The number of carboxylic acid groups (broad SMARTS) is 1. The molecular formula is C34H44F2O5. The summed E-state index contributed by atoms with van der Waals surface area (Å²) in [7, 11) is 0. The number of aliphatic carboxylic acids is 1. The Hall–Kier alpha value is -2.90. The summed E-state index contributed by atoms with van der Waals surface area (Å²) in [5, 5.41) is 20.6. The Morgan fingerprint density at radius 1 is 1.00 bits per heavy atom. The number of aliphatic hydroxyl groups is 1. The summed E-state index contributed by atoms with van der Waals surface area (Å²) in [6.07, 6.45) is 6.17. The molecule has 2 aromatic rings. The summed E-state index contributed by atoms with van der Waals surface area (Å²) in [5.74, 6) is -6.47. The van der Waals surface area contributed by atoms with E-state index in [1.54, 1.807) is 6.92 Å². The standard InChI is InChI=1S/C34H44F2O5/c1-2-3-21-34(35,36)32(38)20-19-29-28(30(37)23-31(29)41-24-26-15-9-5-10-16-26)18-12-6-11-17-27(33(39)40)22-25-13-7-4-8-14-25/h4-5,7-10,13-16,19-20,27-31,37H,2-3,6,11-12,17-18,21-24H2,1H3,(H,39,40)/t27?,28-,29-,30+,31-/m1/s1. The van der Waals surface area contributed by atoms with Crippen LogP contribution in [0.3, 0.4) is 0 Å². The SMILES string of the molecule is CCCCC(F)(F)C(=O)C=C[C@@H]1[C@@H](CCCCCC(Cc2ccccc2)C(=O)O)[C@@H](O)C[C@H]1OCc1ccccc1. The first-order valence-corrected chi connectivity index (χ1v) is 14.9. The number of allylic oxidation sites excluding steroid dienone is 1. The Morgan fingerprint density at radius 2 is 1.66 bits per heavy atom. The van der Waals surface area contributed by atoms with Gasteiger partial charge < -0.3 is 14.9 Å². The maximum atomic E-state index is 14.3. The third-order valence-corrected chi connectivity index (χ3v) is 8.14. The number of ketones is 1. The third-order valence-electron chi connectivity index (χ3n) is 8.14. The smallest absolute Gasteiger partial charge is 0.309 e. The maximum Gasteiger partial charge on any atom is 0.309 e. The van der Waals surface area contributed by atoms with Crippen molar-refractivity contribution in [2.45, 2.75) is 95.9 Å². The molecule has 1 fully saturated rings. The van der Waals surface area contributed by atoms with Gasteiger partial charge in [-0.15, -0.1) is 0 Å². The maximum absolute atomic E-state index is 14.3. The summed E-state index contributed by atoms with van der Waals surface area (Å²) in [5.41, 5.74) is 1.97. The minimum atomic E-state index is -3.40. The molecule has 0 heterocycles. The summed E-state index contributed by atoms with van der Waals surface area (Å²) >= 11 is 0. The Bertz CT molecular complexity index is 1090. The average molecular weight is 571 g/mol. The Labute approximate surface area is 242 Å². The number of carboxylic acids is 1. The van der Waals surface area contributed by atoms with Crippen LogP contribution in [0.5, 0.6) is 0 Å². The third kappa shape index (κ3) is 10.5. The highest BCUT2D eigenvalue weighted by Gasteiger charge is 2.42. The molecule has 0 aromatic heterocycles. The molecule has 41 heavy (non-hydrogen) atoms. The lowest BCUT2D eigenvalue weighted by atomic mass is 9.87. The van der Waals surface area contributed by atoms with Crippen molar-refractivity contribution in [3.05, 3.63) is 83.9 Å². The lowest BCUT2D eigenvalue weighted by Gasteiger charge is -2.23. The van der Waals surface area contributed by atoms with Gasteiger partial charge in [-0.1, -0.05) is 99.3 Å². The first-order valence-electron chi connectivity index (χ1n) is 14.9. The van der Waals surface area contributed by atoms with Crippen LogP contribution in [-0.2, 0) is 27.4 Å². The molecule has 5 nitrogen and oxygen atoms in total. The van der Waals surface area contributed by atoms with Crippen LogP contribution in [0.1, 0.15) is 75.8 Å². The van der Waals surface area contributed by atoms with E-state index in [1.807, 2.05) is 60.7 Å². The molecule has 0 amide bonds. The van der Waals surface area contributed by atoms with Crippen LogP contribution in [0, 0.1) is 17.8 Å². The fourth-order valence-corrected chi connectivity index (χ4v) is 5.71. The second-order valence-electron chi connectivity index (χ2n) is 11.3. The first kappa shape index (κ1) is 32.6. The zero-order valence-corrected chi connectivity index (χ0v) is 24.0. The van der Waals surface area contributed by atoms with Crippen LogP contribution < -0.4 is 0 Å². The number of rotatable bonds is 18. The first-order chi connectivity index (χ1) is 19.7. The number of halogens is 2. The number of hydrogen-bond donors (Lipinski definition) is 2. The van der Waals surface area contributed by atoms with Gasteiger partial charge in [-0.25, -0.2) is 0 Å². The molecular weight excluding hydrogens is 526 g/mol. The fourth-order valence-electron chi connectivity index (χ4n) is 5.71. The number of aliphatic hydroxyl groups excluding tert-OH is 1. The normalized spacial score (nSPS) is 21.8. The molecule has 0 radical (unpaired) electrons. The van der Waals surface area contributed by atoms with Gasteiger partial charge in [-0.05, 0) is 48.8 Å². The summed E-state index contributed by atoms with van der Waals surface area (Å²) in [6.45, 7) is 2.13. The van der Waals surface area contributed by atoms with Crippen molar-refractivity contribution in [3.8, 4) is 0 Å². The highest BCUT2D eigenvalue weighted by molar-refractivity contribution is 5.95. The molecule has 0 bridgehead atoms. The van der Waals surface area contributed by atoms with Crippen molar-refractivity contribution in [1.29, 1.82) is 0 Å². The van der Waals surface area contributed by atoms with Gasteiger partial charge in [0.1, 0.15) is 0 Å². The minimum Gasteiger partial charge on any atom is -0.481 e. The van der Waals surface area contributed by atoms with Gasteiger partial charge in [0.15, 0.2) is 0 Å². The number of benzene rings is 2. The Balaban J connectivity index is 1.59. The number of unbranched alkanes of at least 4 members (excludes halogenated alkanes) is 3. The van der Waals surface area contributed by atoms with Gasteiger partial charge in [0.05, 0.1) is 24.7 Å². The second-order valence-corrected chi connectivity index (χ2v) is 11.3. The highest BCUT2D eigenvalue weighted by atomic mass is 19.3. The molecule has 1 aliphatic carbocycles. The van der Waals surface area contributed by atoms with Gasteiger partial charge >= 0.3 is 11.9 Å². The van der Waals surface area contributed by atoms with Crippen molar-refractivity contribution in [2.24, 2.45) is 17.8 Å². The molecule has 0 aliphatic heterocycles. The van der Waals surface area contributed by atoms with E-state index >= 15 is 0 Å². The lowest BCUT2D eigenvalue weighted by Crippen LogP contribution is -2.28. The van der Waals surface area contributed by atoms with Crippen LogP contribution in [0.15, 0.2) is 72.8 Å². The molecule has 0 spiro atoms. The van der Waals surface area contributed by atoms with Crippen LogP contribution in [-0.4, -0.2) is 40.1 Å². The van der Waals surface area contributed by atoms with E-state index < -0.39 is 42.2 Å². The zero-order chi connectivity index (χ0) is 29.7. The summed E-state index contributed by atoms with van der Waals surface area (Å²) < 4.78 is 34.8. The number of carbonyl (C=O) groups excluding carboxylic acids is 1. The van der Waals surface area contributed by atoms with E-state index in [9.17, 15) is 28.6 Å². The number of carbonyl (C=O) groups is 2. The molecule has 2 N–H and O–H groups in total. The van der Waals surface area contributed by atoms with Crippen LogP contribution in [0.25, 0.3) is 0 Å². The van der Waals surface area contributed by atoms with E-state index in [1.165, 1.54) is 6.08 Å². The van der Waals surface area contributed by atoms with Gasteiger partial charge in [0, 0.05) is 18.8 Å². The van der Waals surface area contributed by atoms with Crippen LogP contribution in [0.2, 0.25) is 0 Å². The second kappa shape index (κ2) is 16.5. The van der Waals surface area contributed by atoms with Crippen molar-refractivity contribution < 1.29 is 33.3 Å². The van der Waals surface area contributed by atoms with E-state index in [-0.39, 0.29) is 18.3 Å². The van der Waals surface area contributed by atoms with E-state index in [0.29, 0.717) is 38.7 Å². The van der Waals surface area contributed by atoms with E-state index in [0.717, 1.165) is 36.5 Å². The van der Waals surface area contributed by atoms with Crippen molar-refractivity contribution >= 4 is 11.8 Å². The topological polar surface area (TPSA) is 83.8 Å². The molecule has 7 heteroatoms. The monoisotopic (exact) mass is 570 g/mol. The molecule has 1 aliphatic rings. The van der Waals surface area contributed by atoms with Gasteiger partial charge in [0.25, 0.3) is 0 Å². The lowest BCUT2D eigenvalue weighted by molar-refractivity contribution is -0.142. The largest absolute Gasteiger partial charge is 0.481 e. The summed E-state index contributed by atoms with van der Waals surface area (Å²) in [6, 6.07) is 19.2. The fraction of sp³-hybridized carbons (Fsp3) is 0.529. The van der Waals surface area contributed by atoms with E-state index in [2.05, 4.69) is 0 Å².